The molecule has 0 aliphatic carbocycles. The van der Waals surface area contributed by atoms with E-state index in [9.17, 15) is 5.11 Å². The Labute approximate surface area is 130 Å². The average Bonchev–Trinajstić information content (AvgIpc) is 2.47. The van der Waals surface area contributed by atoms with Crippen molar-refractivity contribution in [3.8, 4) is 6.07 Å². The van der Waals surface area contributed by atoms with Gasteiger partial charge in [-0.1, -0.05) is 0 Å². The number of pyridine rings is 1. The lowest BCUT2D eigenvalue weighted by Crippen LogP contribution is -2.64. The molecule has 3 atom stereocenters. The number of rotatable bonds is 3. The number of aliphatic hydroxyl groups is 1. The fourth-order valence-corrected chi connectivity index (χ4v) is 2.86. The molecule has 0 saturated carbocycles. The van der Waals surface area contributed by atoms with Gasteiger partial charge in [0.25, 0.3) is 0 Å². The summed E-state index contributed by atoms with van der Waals surface area (Å²) in [6.07, 6.45) is 0.865. The standard InChI is InChI=1S/C14H18N4O2.ClH/c15-3-10-1-2-13(17-4-10)14(19)7-18-11-5-16-6-12(18)9-20-8-11;/h1-2,4,11-12,14,16,19H,5-9H2;1H. The zero-order valence-electron chi connectivity index (χ0n) is 11.6. The summed E-state index contributed by atoms with van der Waals surface area (Å²) in [4.78, 5) is 6.47. The lowest BCUT2D eigenvalue weighted by Gasteiger charge is -2.46. The van der Waals surface area contributed by atoms with Gasteiger partial charge in [-0.15, -0.1) is 12.4 Å². The number of nitrogens with zero attached hydrogens (tertiary/aromatic N) is 3. The average molecular weight is 311 g/mol. The van der Waals surface area contributed by atoms with E-state index in [0.29, 0.717) is 43.1 Å². The second-order valence-electron chi connectivity index (χ2n) is 5.30. The van der Waals surface area contributed by atoms with Gasteiger partial charge in [0.15, 0.2) is 0 Å². The number of nitrogens with one attached hydrogen (secondary N) is 1. The molecule has 2 N–H and O–H groups in total. The van der Waals surface area contributed by atoms with Crippen LogP contribution in [0.1, 0.15) is 17.4 Å². The van der Waals surface area contributed by atoms with Crippen molar-refractivity contribution in [2.24, 2.45) is 0 Å². The van der Waals surface area contributed by atoms with Gasteiger partial charge in [-0.25, -0.2) is 0 Å². The van der Waals surface area contributed by atoms with Gasteiger partial charge >= 0.3 is 0 Å². The van der Waals surface area contributed by atoms with Crippen LogP contribution in [0.15, 0.2) is 18.3 Å². The van der Waals surface area contributed by atoms with E-state index in [1.165, 1.54) is 6.20 Å². The van der Waals surface area contributed by atoms with Gasteiger partial charge in [-0.3, -0.25) is 9.88 Å². The highest BCUT2D eigenvalue weighted by Crippen LogP contribution is 2.21. The minimum atomic E-state index is -0.635. The lowest BCUT2D eigenvalue weighted by atomic mass is 10.0. The molecule has 3 unspecified atom stereocenters. The van der Waals surface area contributed by atoms with E-state index in [2.05, 4.69) is 15.2 Å². The lowest BCUT2D eigenvalue weighted by molar-refractivity contribution is -0.0795. The van der Waals surface area contributed by atoms with Crippen LogP contribution < -0.4 is 5.32 Å². The van der Waals surface area contributed by atoms with Crippen molar-refractivity contribution in [2.75, 3.05) is 32.8 Å². The van der Waals surface area contributed by atoms with Crippen LogP contribution in [0.25, 0.3) is 0 Å². The van der Waals surface area contributed by atoms with Crippen molar-refractivity contribution in [2.45, 2.75) is 18.2 Å². The van der Waals surface area contributed by atoms with E-state index in [1.807, 2.05) is 6.07 Å². The summed E-state index contributed by atoms with van der Waals surface area (Å²) in [5.74, 6) is 0. The fourth-order valence-electron chi connectivity index (χ4n) is 2.86. The molecule has 21 heavy (non-hydrogen) atoms. The van der Waals surface area contributed by atoms with Crippen LogP contribution in [0.4, 0.5) is 0 Å². The predicted octanol–water partition coefficient (Wildman–Crippen LogP) is 0.0811. The summed E-state index contributed by atoms with van der Waals surface area (Å²) in [6.45, 7) is 3.75. The number of piperazine rings is 1. The molecule has 2 fully saturated rings. The summed E-state index contributed by atoms with van der Waals surface area (Å²) in [6, 6.07) is 6.07. The minimum Gasteiger partial charge on any atom is -0.385 e. The quantitative estimate of drug-likeness (QED) is 0.823. The maximum Gasteiger partial charge on any atom is 0.109 e. The number of ether oxygens (including phenoxy) is 1. The predicted molar refractivity (Wildman–Crippen MR) is 79.1 cm³/mol. The largest absolute Gasteiger partial charge is 0.385 e. The Morgan fingerprint density at radius 1 is 1.43 bits per heavy atom. The van der Waals surface area contributed by atoms with E-state index >= 15 is 0 Å². The highest BCUT2D eigenvalue weighted by atomic mass is 35.5. The molecule has 3 heterocycles. The number of hydrogen-bond acceptors (Lipinski definition) is 6. The summed E-state index contributed by atoms with van der Waals surface area (Å²) in [5, 5.41) is 22.5. The molecule has 2 aliphatic rings. The number of hydrogen-bond donors (Lipinski definition) is 2. The third-order valence-electron chi connectivity index (χ3n) is 3.96. The number of morpholine rings is 1. The van der Waals surface area contributed by atoms with E-state index in [1.54, 1.807) is 12.1 Å². The van der Waals surface area contributed by atoms with Crippen molar-refractivity contribution in [3.63, 3.8) is 0 Å². The molecule has 2 saturated heterocycles. The normalized spacial score (nSPS) is 26.5. The molecule has 2 aliphatic heterocycles. The zero-order valence-corrected chi connectivity index (χ0v) is 12.4. The molecule has 0 amide bonds. The number of fused-ring (bicyclic) bond motifs is 2. The summed E-state index contributed by atoms with van der Waals surface area (Å²) < 4.78 is 5.57. The summed E-state index contributed by atoms with van der Waals surface area (Å²) >= 11 is 0. The molecule has 0 radical (unpaired) electrons. The smallest absolute Gasteiger partial charge is 0.109 e. The summed E-state index contributed by atoms with van der Waals surface area (Å²) in [7, 11) is 0. The molecule has 3 rings (SSSR count). The van der Waals surface area contributed by atoms with Crippen molar-refractivity contribution in [1.29, 1.82) is 5.26 Å². The van der Waals surface area contributed by atoms with E-state index in [-0.39, 0.29) is 12.4 Å². The highest BCUT2D eigenvalue weighted by Gasteiger charge is 2.35. The van der Waals surface area contributed by atoms with Gasteiger partial charge in [-0.05, 0) is 12.1 Å². The summed E-state index contributed by atoms with van der Waals surface area (Å²) in [5.41, 5.74) is 1.12. The van der Waals surface area contributed by atoms with Gasteiger partial charge in [0.05, 0.1) is 24.5 Å². The van der Waals surface area contributed by atoms with E-state index < -0.39 is 6.10 Å². The van der Waals surface area contributed by atoms with Gasteiger partial charge in [0, 0.05) is 37.9 Å². The van der Waals surface area contributed by atoms with Crippen LogP contribution in [-0.2, 0) is 4.74 Å². The topological polar surface area (TPSA) is 81.4 Å². The molecule has 0 spiro atoms. The van der Waals surface area contributed by atoms with Gasteiger partial charge in [0.1, 0.15) is 12.2 Å². The second-order valence-corrected chi connectivity index (χ2v) is 5.30. The fraction of sp³-hybridized carbons (Fsp3) is 0.571. The highest BCUT2D eigenvalue weighted by molar-refractivity contribution is 5.85. The second kappa shape index (κ2) is 7.16. The maximum absolute atomic E-state index is 10.3. The maximum atomic E-state index is 10.3. The molecule has 114 valence electrons. The number of nitriles is 1. The van der Waals surface area contributed by atoms with Crippen molar-refractivity contribution in [3.05, 3.63) is 29.6 Å². The molecule has 0 aromatic carbocycles. The molecule has 1 aromatic heterocycles. The Hall–Kier alpha value is -1.23. The van der Waals surface area contributed by atoms with Crippen LogP contribution in [0.2, 0.25) is 0 Å². The number of aliphatic hydroxyl groups excluding tert-OH is 1. The molecule has 6 nitrogen and oxygen atoms in total. The molecular formula is C14H19ClN4O2. The number of aromatic nitrogens is 1. The SMILES string of the molecule is Cl.N#Cc1ccc(C(O)CN2C3CNCC2COC3)nc1. The van der Waals surface area contributed by atoms with Crippen molar-refractivity contribution < 1.29 is 9.84 Å². The Balaban J connectivity index is 0.00000161. The molecule has 1 aromatic rings. The monoisotopic (exact) mass is 310 g/mol. The molecule has 2 bridgehead atoms. The van der Waals surface area contributed by atoms with Crippen molar-refractivity contribution in [1.82, 2.24) is 15.2 Å². The van der Waals surface area contributed by atoms with E-state index in [0.717, 1.165) is 13.1 Å². The first-order chi connectivity index (χ1) is 9.78. The Morgan fingerprint density at radius 3 is 2.71 bits per heavy atom. The van der Waals surface area contributed by atoms with Crippen LogP contribution in [0.3, 0.4) is 0 Å². The molecular weight excluding hydrogens is 292 g/mol. The first-order valence-electron chi connectivity index (χ1n) is 6.86. The molecule has 7 heteroatoms. The van der Waals surface area contributed by atoms with Crippen LogP contribution in [0.5, 0.6) is 0 Å². The van der Waals surface area contributed by atoms with Gasteiger partial charge in [-0.2, -0.15) is 5.26 Å². The van der Waals surface area contributed by atoms with Crippen LogP contribution in [0, 0.1) is 11.3 Å². The van der Waals surface area contributed by atoms with Crippen molar-refractivity contribution >= 4 is 12.4 Å². The third kappa shape index (κ3) is 3.51. The van der Waals surface area contributed by atoms with E-state index in [4.69, 9.17) is 10.00 Å². The van der Waals surface area contributed by atoms with Crippen LogP contribution in [-0.4, -0.2) is 59.9 Å². The number of halogens is 1. The first-order valence-corrected chi connectivity index (χ1v) is 6.86. The van der Waals surface area contributed by atoms with Gasteiger partial charge < -0.3 is 15.2 Å². The Morgan fingerprint density at radius 2 is 2.14 bits per heavy atom. The minimum absolute atomic E-state index is 0. The third-order valence-corrected chi connectivity index (χ3v) is 3.96. The Kier molecular flexibility index (Phi) is 5.51. The Bertz CT molecular complexity index is 483. The van der Waals surface area contributed by atoms with Crippen LogP contribution >= 0.6 is 12.4 Å². The zero-order chi connectivity index (χ0) is 13.9. The first kappa shape index (κ1) is 16.1. The van der Waals surface area contributed by atoms with Gasteiger partial charge in [0.2, 0.25) is 0 Å².